The molecule has 0 N–H and O–H groups in total. The smallest absolute Gasteiger partial charge is 0.157 e. The van der Waals surface area contributed by atoms with Gasteiger partial charge in [0, 0.05) is 23.4 Å². The van der Waals surface area contributed by atoms with Crippen LogP contribution in [0.3, 0.4) is 0 Å². The molecule has 0 spiro atoms. The topological polar surface area (TPSA) is 35.5 Å². The van der Waals surface area contributed by atoms with E-state index in [1.165, 1.54) is 0 Å². The maximum atomic E-state index is 13.8. The van der Waals surface area contributed by atoms with Gasteiger partial charge in [0.15, 0.2) is 6.29 Å². The summed E-state index contributed by atoms with van der Waals surface area (Å²) in [6.45, 7) is 1.38. The highest BCUT2D eigenvalue weighted by molar-refractivity contribution is 7.78. The second-order valence-electron chi connectivity index (χ2n) is 6.15. The van der Waals surface area contributed by atoms with E-state index in [1.807, 2.05) is 60.7 Å². The monoisotopic (exact) mass is 344 g/mol. The van der Waals surface area contributed by atoms with Crippen LogP contribution in [0.25, 0.3) is 0 Å². The lowest BCUT2D eigenvalue weighted by molar-refractivity contribution is -0.162. The molecule has 1 heterocycles. The Hall–Kier alpha value is -1.41. The van der Waals surface area contributed by atoms with Crippen LogP contribution in [0.4, 0.5) is 0 Å². The fraction of sp³-hybridized carbons (Fsp3) is 0.400. The molecule has 128 valence electrons. The van der Waals surface area contributed by atoms with E-state index in [1.54, 1.807) is 0 Å². The summed E-state index contributed by atoms with van der Waals surface area (Å²) in [6.07, 6.45) is 4.56. The predicted molar refractivity (Wildman–Crippen MR) is 98.8 cm³/mol. The number of hydrogen-bond acceptors (Lipinski definition) is 3. The van der Waals surface area contributed by atoms with Gasteiger partial charge >= 0.3 is 0 Å². The molecule has 1 aliphatic rings. The van der Waals surface area contributed by atoms with Gasteiger partial charge in [0.1, 0.15) is 7.14 Å². The summed E-state index contributed by atoms with van der Waals surface area (Å²) in [4.78, 5) is 0. The van der Waals surface area contributed by atoms with E-state index in [0.29, 0.717) is 12.8 Å². The van der Waals surface area contributed by atoms with E-state index < -0.39 is 7.14 Å². The van der Waals surface area contributed by atoms with Crippen LogP contribution in [0.5, 0.6) is 0 Å². The van der Waals surface area contributed by atoms with E-state index in [9.17, 15) is 4.57 Å². The van der Waals surface area contributed by atoms with Crippen molar-refractivity contribution in [2.75, 3.05) is 19.4 Å². The Kier molecular flexibility index (Phi) is 6.25. The van der Waals surface area contributed by atoms with Crippen molar-refractivity contribution < 1.29 is 14.0 Å². The molecule has 4 heteroatoms. The van der Waals surface area contributed by atoms with Crippen molar-refractivity contribution in [2.45, 2.75) is 32.0 Å². The summed E-state index contributed by atoms with van der Waals surface area (Å²) in [7, 11) is -2.61. The second kappa shape index (κ2) is 8.62. The van der Waals surface area contributed by atoms with Gasteiger partial charge in [0.25, 0.3) is 0 Å². The normalized spacial score (nSPS) is 18.4. The van der Waals surface area contributed by atoms with E-state index in [0.717, 1.165) is 42.9 Å². The Bertz CT molecular complexity index is 608. The third kappa shape index (κ3) is 4.36. The number of hydrogen-bond donors (Lipinski definition) is 0. The fourth-order valence-electron chi connectivity index (χ4n) is 3.09. The fourth-order valence-corrected chi connectivity index (χ4v) is 5.79. The molecule has 0 aliphatic carbocycles. The van der Waals surface area contributed by atoms with E-state index in [4.69, 9.17) is 9.47 Å². The van der Waals surface area contributed by atoms with Gasteiger partial charge in [0.2, 0.25) is 0 Å². The van der Waals surface area contributed by atoms with Crippen LogP contribution in [0.1, 0.15) is 25.7 Å². The average molecular weight is 344 g/mol. The van der Waals surface area contributed by atoms with Crippen LogP contribution < -0.4 is 10.6 Å². The largest absolute Gasteiger partial charge is 0.353 e. The van der Waals surface area contributed by atoms with Gasteiger partial charge in [-0.1, -0.05) is 60.7 Å². The first-order valence-corrected chi connectivity index (χ1v) is 10.6. The highest BCUT2D eigenvalue weighted by atomic mass is 31.2. The van der Waals surface area contributed by atoms with Crippen molar-refractivity contribution in [2.24, 2.45) is 0 Å². The summed E-state index contributed by atoms with van der Waals surface area (Å²) < 4.78 is 25.2. The zero-order valence-electron chi connectivity index (χ0n) is 14.0. The molecule has 24 heavy (non-hydrogen) atoms. The molecular formula is C20H25O3P. The van der Waals surface area contributed by atoms with Crippen molar-refractivity contribution >= 4 is 17.8 Å². The summed E-state index contributed by atoms with van der Waals surface area (Å²) in [5, 5.41) is 1.84. The molecule has 0 saturated carbocycles. The van der Waals surface area contributed by atoms with Crippen LogP contribution in [-0.4, -0.2) is 25.7 Å². The molecule has 3 nitrogen and oxygen atoms in total. The molecule has 0 radical (unpaired) electrons. The Morgan fingerprint density at radius 2 is 1.58 bits per heavy atom. The van der Waals surface area contributed by atoms with Gasteiger partial charge in [-0.25, -0.2) is 0 Å². The van der Waals surface area contributed by atoms with Gasteiger partial charge in [-0.3, -0.25) is 0 Å². The zero-order chi connectivity index (χ0) is 16.7. The van der Waals surface area contributed by atoms with Crippen molar-refractivity contribution in [3.05, 3.63) is 60.7 Å². The van der Waals surface area contributed by atoms with Crippen molar-refractivity contribution in [3.63, 3.8) is 0 Å². The van der Waals surface area contributed by atoms with Crippen LogP contribution >= 0.6 is 7.14 Å². The van der Waals surface area contributed by atoms with E-state index >= 15 is 0 Å². The Balaban J connectivity index is 1.66. The van der Waals surface area contributed by atoms with Crippen molar-refractivity contribution in [1.82, 2.24) is 0 Å². The Morgan fingerprint density at radius 3 is 2.12 bits per heavy atom. The number of benzene rings is 2. The molecule has 1 atom stereocenters. The summed E-state index contributed by atoms with van der Waals surface area (Å²) in [5.41, 5.74) is 0. The molecular weight excluding hydrogens is 319 g/mol. The van der Waals surface area contributed by atoms with Gasteiger partial charge in [-0.05, 0) is 25.7 Å². The lowest BCUT2D eigenvalue weighted by Crippen LogP contribution is -2.24. The first kappa shape index (κ1) is 17.4. The highest BCUT2D eigenvalue weighted by Crippen LogP contribution is 2.43. The minimum atomic E-state index is -2.61. The van der Waals surface area contributed by atoms with Gasteiger partial charge < -0.3 is 14.0 Å². The summed E-state index contributed by atoms with van der Waals surface area (Å²) in [5.74, 6) is 0. The Morgan fingerprint density at radius 1 is 0.958 bits per heavy atom. The minimum Gasteiger partial charge on any atom is -0.353 e. The molecule has 1 fully saturated rings. The maximum Gasteiger partial charge on any atom is 0.157 e. The molecule has 3 rings (SSSR count). The van der Waals surface area contributed by atoms with Crippen LogP contribution in [0.15, 0.2) is 60.7 Å². The molecule has 0 bridgehead atoms. The molecule has 0 amide bonds. The standard InChI is InChI=1S/C20H25O3P/c21-24(18-10-3-1-4-11-18,19-12-5-2-6-13-19)17-9-16-23-20-14-7-8-15-22-20/h1-6,10-13,20H,7-9,14-17H2/t20-/m0/s1. The van der Waals surface area contributed by atoms with Gasteiger partial charge in [0.05, 0.1) is 6.61 Å². The molecule has 1 saturated heterocycles. The average Bonchev–Trinajstić information content (AvgIpc) is 2.67. The van der Waals surface area contributed by atoms with Crippen LogP contribution in [-0.2, 0) is 14.0 Å². The third-order valence-electron chi connectivity index (χ3n) is 4.41. The van der Waals surface area contributed by atoms with E-state index in [-0.39, 0.29) is 6.29 Å². The van der Waals surface area contributed by atoms with Crippen LogP contribution in [0, 0.1) is 0 Å². The summed E-state index contributed by atoms with van der Waals surface area (Å²) in [6, 6.07) is 19.6. The maximum absolute atomic E-state index is 13.8. The third-order valence-corrected chi connectivity index (χ3v) is 7.62. The summed E-state index contributed by atoms with van der Waals surface area (Å²) >= 11 is 0. The molecule has 0 aromatic heterocycles. The van der Waals surface area contributed by atoms with Crippen molar-refractivity contribution in [3.8, 4) is 0 Å². The lowest BCUT2D eigenvalue weighted by atomic mass is 10.2. The number of rotatable bonds is 7. The molecule has 1 aliphatic heterocycles. The first-order valence-electron chi connectivity index (χ1n) is 8.72. The lowest BCUT2D eigenvalue weighted by Gasteiger charge is -2.23. The molecule has 2 aromatic carbocycles. The first-order chi connectivity index (χ1) is 11.8. The quantitative estimate of drug-likeness (QED) is 0.564. The van der Waals surface area contributed by atoms with E-state index in [2.05, 4.69) is 0 Å². The SMILES string of the molecule is O=P(CCCO[C@H]1CCCCO1)(c1ccccc1)c1ccccc1. The predicted octanol–water partition coefficient (Wildman–Crippen LogP) is 3.93. The minimum absolute atomic E-state index is 0.0772. The van der Waals surface area contributed by atoms with Gasteiger partial charge in [-0.15, -0.1) is 0 Å². The van der Waals surface area contributed by atoms with Crippen molar-refractivity contribution in [1.29, 1.82) is 0 Å². The number of ether oxygens (including phenoxy) is 2. The van der Waals surface area contributed by atoms with Crippen LogP contribution in [0.2, 0.25) is 0 Å². The van der Waals surface area contributed by atoms with Gasteiger partial charge in [-0.2, -0.15) is 0 Å². The Labute approximate surface area is 144 Å². The molecule has 0 unspecified atom stereocenters. The molecule has 2 aromatic rings. The second-order valence-corrected chi connectivity index (χ2v) is 9.11. The highest BCUT2D eigenvalue weighted by Gasteiger charge is 2.26. The zero-order valence-corrected chi connectivity index (χ0v) is 14.9.